The molecule has 5 aromatic rings. The van der Waals surface area contributed by atoms with Gasteiger partial charge in [-0.25, -0.2) is 23.1 Å². The van der Waals surface area contributed by atoms with E-state index in [-0.39, 0.29) is 23.6 Å². The van der Waals surface area contributed by atoms with Crippen molar-refractivity contribution < 1.29 is 17.7 Å². The number of carbonyl (C=O) groups excluding carboxylic acids is 1. The Morgan fingerprint density at radius 3 is 2.31 bits per heavy atom. The molecule has 0 unspecified atom stereocenters. The Morgan fingerprint density at radius 1 is 1.02 bits per heavy atom. The molecule has 1 amide bonds. The lowest BCUT2D eigenvalue weighted by Gasteiger charge is -2.12. The molecule has 0 aliphatic rings. The minimum Gasteiger partial charge on any atom is -0.383 e. The van der Waals surface area contributed by atoms with Gasteiger partial charge in [-0.3, -0.25) is 9.52 Å². The number of aromatic nitrogens is 5. The quantitative estimate of drug-likeness (QED) is 0.233. The zero-order valence-electron chi connectivity index (χ0n) is 23.9. The zero-order chi connectivity index (χ0) is 30.2. The monoisotopic (exact) mass is 588 g/mol. The van der Waals surface area contributed by atoms with Crippen LogP contribution in [0.5, 0.6) is 0 Å². The van der Waals surface area contributed by atoms with Gasteiger partial charge in [-0.15, -0.1) is 0 Å². The van der Waals surface area contributed by atoms with Gasteiger partial charge in [0.1, 0.15) is 23.6 Å². The van der Waals surface area contributed by atoms with Crippen LogP contribution in [0.25, 0.3) is 28.0 Å². The topological polar surface area (TPSA) is 171 Å². The zero-order valence-corrected chi connectivity index (χ0v) is 24.7. The number of rotatable bonds is 8. The molecule has 42 heavy (non-hydrogen) atoms. The van der Waals surface area contributed by atoms with Crippen LogP contribution in [0.4, 0.5) is 17.2 Å². The van der Waals surface area contributed by atoms with Crippen molar-refractivity contribution in [2.45, 2.75) is 51.7 Å². The Bertz CT molecular complexity index is 1850. The fourth-order valence-electron chi connectivity index (χ4n) is 4.14. The van der Waals surface area contributed by atoms with E-state index in [4.69, 9.17) is 15.4 Å². The molecule has 0 aliphatic heterocycles. The van der Waals surface area contributed by atoms with Crippen molar-refractivity contribution in [1.82, 2.24) is 24.9 Å². The maximum Gasteiger partial charge on any atom is 0.235 e. The molecule has 13 heteroatoms. The van der Waals surface area contributed by atoms with Gasteiger partial charge in [-0.05, 0) is 50.2 Å². The molecule has 12 nitrogen and oxygen atoms in total. The van der Waals surface area contributed by atoms with Gasteiger partial charge in [0.2, 0.25) is 15.9 Å². The van der Waals surface area contributed by atoms with Crippen LogP contribution in [0.1, 0.15) is 46.1 Å². The van der Waals surface area contributed by atoms with E-state index in [1.54, 1.807) is 61.0 Å². The minimum atomic E-state index is -3.48. The molecule has 4 N–H and O–H groups in total. The SMILES string of the molecule is CC(C)S(=O)(=O)Nc1ccc(-c2nn(-c3ccc(NC(=O)Cc4cc(C(C)(C)C)on4)cc3)c3ncnc(N)c23)cc1. The number of nitrogen functional groups attached to an aromatic ring is 1. The van der Waals surface area contributed by atoms with E-state index in [1.807, 2.05) is 32.9 Å². The molecule has 218 valence electrons. The number of nitrogens with zero attached hydrogens (tertiary/aromatic N) is 5. The molecular weight excluding hydrogens is 556 g/mol. The maximum atomic E-state index is 12.6. The lowest BCUT2D eigenvalue weighted by Crippen LogP contribution is -2.22. The Hall–Kier alpha value is -4.78. The number of sulfonamides is 1. The van der Waals surface area contributed by atoms with Crippen molar-refractivity contribution >= 4 is 44.2 Å². The van der Waals surface area contributed by atoms with E-state index in [9.17, 15) is 13.2 Å². The number of nitrogens with two attached hydrogens (primary N) is 1. The average molecular weight is 589 g/mol. The summed E-state index contributed by atoms with van der Waals surface area (Å²) in [5, 5.41) is 11.7. The molecule has 3 heterocycles. The van der Waals surface area contributed by atoms with Crippen LogP contribution in [-0.4, -0.2) is 44.5 Å². The van der Waals surface area contributed by atoms with E-state index in [0.29, 0.717) is 45.0 Å². The van der Waals surface area contributed by atoms with Crippen molar-refractivity contribution in [2.24, 2.45) is 0 Å². The molecule has 0 saturated heterocycles. The Labute approximate surface area is 243 Å². The second kappa shape index (κ2) is 10.9. The summed E-state index contributed by atoms with van der Waals surface area (Å²) in [4.78, 5) is 21.2. The molecule has 5 rings (SSSR count). The van der Waals surface area contributed by atoms with Crippen LogP contribution in [0.15, 0.2) is 65.4 Å². The molecule has 0 saturated carbocycles. The molecule has 0 bridgehead atoms. The number of hydrogen-bond acceptors (Lipinski definition) is 9. The number of anilines is 3. The lowest BCUT2D eigenvalue weighted by atomic mass is 9.93. The third-order valence-corrected chi connectivity index (χ3v) is 8.33. The fraction of sp³-hybridized carbons (Fsp3) is 0.276. The first-order chi connectivity index (χ1) is 19.8. The minimum absolute atomic E-state index is 0.0857. The van der Waals surface area contributed by atoms with Crippen molar-refractivity contribution in [3.8, 4) is 16.9 Å². The van der Waals surface area contributed by atoms with Crippen LogP contribution in [0.2, 0.25) is 0 Å². The van der Waals surface area contributed by atoms with E-state index in [1.165, 1.54) is 6.33 Å². The fourth-order valence-corrected chi connectivity index (χ4v) is 4.84. The lowest BCUT2D eigenvalue weighted by molar-refractivity contribution is -0.115. The Kier molecular flexibility index (Phi) is 7.45. The molecule has 0 atom stereocenters. The first-order valence-corrected chi connectivity index (χ1v) is 14.8. The summed E-state index contributed by atoms with van der Waals surface area (Å²) >= 11 is 0. The molecule has 0 spiro atoms. The second-order valence-corrected chi connectivity index (χ2v) is 13.4. The molecule has 0 radical (unpaired) electrons. The molecule has 2 aromatic carbocycles. The average Bonchev–Trinajstić information content (AvgIpc) is 3.55. The first kappa shape index (κ1) is 28.7. The van der Waals surface area contributed by atoms with Gasteiger partial charge in [-0.2, -0.15) is 5.10 Å². The van der Waals surface area contributed by atoms with Gasteiger partial charge in [0.15, 0.2) is 5.65 Å². The van der Waals surface area contributed by atoms with Crippen LogP contribution in [-0.2, 0) is 26.7 Å². The predicted octanol–water partition coefficient (Wildman–Crippen LogP) is 4.68. The highest BCUT2D eigenvalue weighted by Crippen LogP contribution is 2.32. The van der Waals surface area contributed by atoms with Crippen LogP contribution in [0.3, 0.4) is 0 Å². The van der Waals surface area contributed by atoms with Crippen LogP contribution < -0.4 is 15.8 Å². The van der Waals surface area contributed by atoms with Gasteiger partial charge in [-0.1, -0.05) is 38.1 Å². The third kappa shape index (κ3) is 5.96. The van der Waals surface area contributed by atoms with Gasteiger partial charge in [0, 0.05) is 28.4 Å². The van der Waals surface area contributed by atoms with Crippen LogP contribution >= 0.6 is 0 Å². The molecule has 0 fully saturated rings. The predicted molar refractivity (Wildman–Crippen MR) is 162 cm³/mol. The largest absolute Gasteiger partial charge is 0.383 e. The Balaban J connectivity index is 1.38. The highest BCUT2D eigenvalue weighted by molar-refractivity contribution is 7.93. The smallest absolute Gasteiger partial charge is 0.235 e. The first-order valence-electron chi connectivity index (χ1n) is 13.3. The van der Waals surface area contributed by atoms with Crippen molar-refractivity contribution in [1.29, 1.82) is 0 Å². The summed E-state index contributed by atoms with van der Waals surface area (Å²) < 4.78 is 34.1. The molecular formula is C29H32N8O4S. The van der Waals surface area contributed by atoms with Crippen LogP contribution in [0, 0.1) is 0 Å². The normalized spacial score (nSPS) is 12.1. The number of fused-ring (bicyclic) bond motifs is 1. The number of benzene rings is 2. The number of hydrogen-bond donors (Lipinski definition) is 3. The highest BCUT2D eigenvalue weighted by Gasteiger charge is 2.21. The van der Waals surface area contributed by atoms with E-state index in [0.717, 1.165) is 5.76 Å². The molecule has 0 aliphatic carbocycles. The maximum absolute atomic E-state index is 12.6. The number of carbonyl (C=O) groups is 1. The van der Waals surface area contributed by atoms with Gasteiger partial charge >= 0.3 is 0 Å². The Morgan fingerprint density at radius 2 is 1.69 bits per heavy atom. The standard InChI is InChI=1S/C29H32N8O4S/c1-17(2)42(39,40)36-20-8-6-18(7-9-20)26-25-27(30)31-16-32-28(25)37(34-26)22-12-10-19(11-13-22)33-24(38)15-21-14-23(41-35-21)29(3,4)5/h6-14,16-17,36H,15H2,1-5H3,(H,33,38)(H2,30,31,32). The van der Waals surface area contributed by atoms with E-state index >= 15 is 0 Å². The van der Waals surface area contributed by atoms with Gasteiger partial charge < -0.3 is 15.6 Å². The summed E-state index contributed by atoms with van der Waals surface area (Å²) in [5.74, 6) is 0.761. The second-order valence-electron chi connectivity index (χ2n) is 11.2. The van der Waals surface area contributed by atoms with Gasteiger partial charge in [0.05, 0.1) is 28.4 Å². The van der Waals surface area contributed by atoms with Crippen molar-refractivity contribution in [2.75, 3.05) is 15.8 Å². The molecule has 3 aromatic heterocycles. The van der Waals surface area contributed by atoms with Gasteiger partial charge in [0.25, 0.3) is 0 Å². The number of nitrogens with one attached hydrogen (secondary N) is 2. The van der Waals surface area contributed by atoms with E-state index in [2.05, 4.69) is 25.2 Å². The summed E-state index contributed by atoms with van der Waals surface area (Å²) in [7, 11) is -3.48. The van der Waals surface area contributed by atoms with Crippen molar-refractivity contribution in [3.05, 3.63) is 72.4 Å². The summed E-state index contributed by atoms with van der Waals surface area (Å²) in [5.41, 5.74) is 10.1. The highest BCUT2D eigenvalue weighted by atomic mass is 32.2. The summed E-state index contributed by atoms with van der Waals surface area (Å²) in [6.07, 6.45) is 1.45. The number of amides is 1. The summed E-state index contributed by atoms with van der Waals surface area (Å²) in [6, 6.07) is 15.8. The van der Waals surface area contributed by atoms with Crippen molar-refractivity contribution in [3.63, 3.8) is 0 Å². The van der Waals surface area contributed by atoms with E-state index < -0.39 is 15.3 Å². The summed E-state index contributed by atoms with van der Waals surface area (Å²) in [6.45, 7) is 9.27. The third-order valence-electron chi connectivity index (χ3n) is 6.57.